The number of hydrogen-bond donors (Lipinski definition) is 0. The largest absolute Gasteiger partial charge is 0.461 e. The molecule has 1 aromatic rings. The minimum atomic E-state index is -0.534. The average molecular weight is 376 g/mol. The number of carbonyl (C=O) groups excluding carboxylic acids is 2. The molecule has 0 spiro atoms. The van der Waals surface area contributed by atoms with Gasteiger partial charge >= 0.3 is 12.1 Å². The Morgan fingerprint density at radius 3 is 2.30 bits per heavy atom. The maximum absolute atomic E-state index is 12.6. The van der Waals surface area contributed by atoms with Crippen molar-refractivity contribution in [2.75, 3.05) is 13.1 Å². The van der Waals surface area contributed by atoms with Crippen molar-refractivity contribution in [2.45, 2.75) is 72.0 Å². The second kappa shape index (κ2) is 8.32. The molecule has 0 aromatic heterocycles. The molecule has 1 saturated heterocycles. The summed E-state index contributed by atoms with van der Waals surface area (Å²) in [5.74, 6) is -0.245. The molecule has 2 unspecified atom stereocenters. The summed E-state index contributed by atoms with van der Waals surface area (Å²) in [6, 6.07) is 9.94. The Balaban J connectivity index is 2.18. The number of piperidine rings is 1. The van der Waals surface area contributed by atoms with Crippen molar-refractivity contribution in [1.82, 2.24) is 4.90 Å². The van der Waals surface area contributed by atoms with Gasteiger partial charge in [-0.2, -0.15) is 0 Å². The van der Waals surface area contributed by atoms with Crippen LogP contribution < -0.4 is 0 Å². The summed E-state index contributed by atoms with van der Waals surface area (Å²) in [6.45, 7) is 12.4. The molecule has 1 aromatic carbocycles. The van der Waals surface area contributed by atoms with Gasteiger partial charge in [0.25, 0.3) is 0 Å². The molecular formula is C22H33NO4. The van der Waals surface area contributed by atoms with E-state index in [4.69, 9.17) is 9.47 Å². The van der Waals surface area contributed by atoms with Gasteiger partial charge < -0.3 is 14.4 Å². The van der Waals surface area contributed by atoms with Crippen molar-refractivity contribution in [2.24, 2.45) is 5.41 Å². The predicted molar refractivity (Wildman–Crippen MR) is 106 cm³/mol. The zero-order valence-electron chi connectivity index (χ0n) is 17.5. The molecule has 2 rings (SSSR count). The van der Waals surface area contributed by atoms with Crippen molar-refractivity contribution < 1.29 is 19.1 Å². The van der Waals surface area contributed by atoms with Gasteiger partial charge in [-0.25, -0.2) is 4.79 Å². The lowest BCUT2D eigenvalue weighted by atomic mass is 9.86. The van der Waals surface area contributed by atoms with E-state index in [1.54, 1.807) is 4.90 Å². The fourth-order valence-electron chi connectivity index (χ4n) is 3.03. The van der Waals surface area contributed by atoms with Gasteiger partial charge in [0.2, 0.25) is 0 Å². The van der Waals surface area contributed by atoms with Crippen molar-refractivity contribution in [1.29, 1.82) is 0 Å². The highest BCUT2D eigenvalue weighted by Crippen LogP contribution is 2.33. The van der Waals surface area contributed by atoms with Crippen molar-refractivity contribution in [3.05, 3.63) is 35.9 Å². The van der Waals surface area contributed by atoms with Crippen LogP contribution in [0.3, 0.4) is 0 Å². The molecule has 0 N–H and O–H groups in total. The molecule has 0 bridgehead atoms. The SMILES string of the molecule is CCC(C)(C)C(=O)OC1CCN(C(=O)OC(C)(C)C)CC1c1ccccc1. The van der Waals surface area contributed by atoms with E-state index in [1.165, 1.54) is 0 Å². The van der Waals surface area contributed by atoms with E-state index in [1.807, 2.05) is 71.9 Å². The number of hydrogen-bond acceptors (Lipinski definition) is 4. The molecule has 1 aliphatic rings. The Morgan fingerprint density at radius 2 is 1.74 bits per heavy atom. The first-order chi connectivity index (χ1) is 12.5. The second-order valence-electron chi connectivity index (χ2n) is 8.91. The van der Waals surface area contributed by atoms with Crippen LogP contribution in [0, 0.1) is 5.41 Å². The summed E-state index contributed by atoms with van der Waals surface area (Å²) in [6.07, 6.45) is 0.759. The minimum Gasteiger partial charge on any atom is -0.461 e. The van der Waals surface area contributed by atoms with E-state index in [2.05, 4.69) is 0 Å². The Labute approximate surface area is 163 Å². The van der Waals surface area contributed by atoms with E-state index in [9.17, 15) is 9.59 Å². The lowest BCUT2D eigenvalue weighted by molar-refractivity contribution is -0.163. The van der Waals surface area contributed by atoms with Gasteiger partial charge in [0.1, 0.15) is 11.7 Å². The molecule has 5 heteroatoms. The highest BCUT2D eigenvalue weighted by Gasteiger charge is 2.38. The van der Waals surface area contributed by atoms with Gasteiger partial charge in [-0.3, -0.25) is 4.79 Å². The van der Waals surface area contributed by atoms with Gasteiger partial charge in [0, 0.05) is 25.4 Å². The summed E-state index contributed by atoms with van der Waals surface area (Å²) in [4.78, 5) is 26.9. The van der Waals surface area contributed by atoms with Crippen LogP contribution in [0.2, 0.25) is 0 Å². The lowest BCUT2D eigenvalue weighted by Crippen LogP contribution is -2.48. The highest BCUT2D eigenvalue weighted by atomic mass is 16.6. The van der Waals surface area contributed by atoms with Crippen LogP contribution in [0.5, 0.6) is 0 Å². The third kappa shape index (κ3) is 5.72. The van der Waals surface area contributed by atoms with E-state index < -0.39 is 11.0 Å². The fraction of sp³-hybridized carbons (Fsp3) is 0.636. The monoisotopic (exact) mass is 375 g/mol. The summed E-state index contributed by atoms with van der Waals surface area (Å²) in [5.41, 5.74) is 0.0231. The highest BCUT2D eigenvalue weighted by molar-refractivity contribution is 5.76. The smallest absolute Gasteiger partial charge is 0.410 e. The van der Waals surface area contributed by atoms with Crippen LogP contribution in [0.15, 0.2) is 30.3 Å². The normalized spacial score (nSPS) is 20.9. The number of amides is 1. The Morgan fingerprint density at radius 1 is 1.11 bits per heavy atom. The number of benzene rings is 1. The Bertz CT molecular complexity index is 648. The van der Waals surface area contributed by atoms with Gasteiger partial charge in [0.05, 0.1) is 5.41 Å². The third-order valence-corrected chi connectivity index (χ3v) is 5.12. The first-order valence-corrected chi connectivity index (χ1v) is 9.77. The molecule has 0 saturated carbocycles. The number of likely N-dealkylation sites (tertiary alicyclic amines) is 1. The first-order valence-electron chi connectivity index (χ1n) is 9.77. The molecular weight excluding hydrogens is 342 g/mol. The molecule has 27 heavy (non-hydrogen) atoms. The van der Waals surface area contributed by atoms with Gasteiger partial charge in [-0.05, 0) is 46.6 Å². The summed E-state index contributed by atoms with van der Waals surface area (Å²) in [5, 5.41) is 0. The fourth-order valence-corrected chi connectivity index (χ4v) is 3.03. The van der Waals surface area contributed by atoms with Crippen molar-refractivity contribution >= 4 is 12.1 Å². The maximum atomic E-state index is 12.6. The Kier molecular flexibility index (Phi) is 6.55. The van der Waals surface area contributed by atoms with Crippen LogP contribution in [-0.2, 0) is 14.3 Å². The second-order valence-corrected chi connectivity index (χ2v) is 8.91. The summed E-state index contributed by atoms with van der Waals surface area (Å²) in [7, 11) is 0. The van der Waals surface area contributed by atoms with Crippen molar-refractivity contribution in [3.63, 3.8) is 0 Å². The zero-order chi connectivity index (χ0) is 20.2. The van der Waals surface area contributed by atoms with Crippen molar-refractivity contribution in [3.8, 4) is 0 Å². The van der Waals surface area contributed by atoms with Gasteiger partial charge in [-0.15, -0.1) is 0 Å². The quantitative estimate of drug-likeness (QED) is 0.712. The average Bonchev–Trinajstić information content (AvgIpc) is 2.61. The number of ether oxygens (including phenoxy) is 2. The van der Waals surface area contributed by atoms with Gasteiger partial charge in [-0.1, -0.05) is 37.3 Å². The van der Waals surface area contributed by atoms with Crippen LogP contribution in [0.25, 0.3) is 0 Å². The minimum absolute atomic E-state index is 0.0657. The van der Waals surface area contributed by atoms with E-state index in [0.717, 1.165) is 12.0 Å². The van der Waals surface area contributed by atoms with Crippen LogP contribution in [0.1, 0.15) is 65.9 Å². The number of esters is 1. The molecule has 1 amide bonds. The number of nitrogens with zero attached hydrogens (tertiary/aromatic N) is 1. The Hall–Kier alpha value is -2.04. The molecule has 5 nitrogen and oxygen atoms in total. The summed E-state index contributed by atoms with van der Waals surface area (Å²) < 4.78 is 11.5. The molecule has 1 fully saturated rings. The predicted octanol–water partition coefficient (Wildman–Crippen LogP) is 4.76. The standard InChI is InChI=1S/C22H33NO4/c1-7-22(5,6)19(24)26-18-13-14-23(20(25)27-21(2,3)4)15-17(18)16-11-9-8-10-12-16/h8-12,17-18H,7,13-15H2,1-6H3. The zero-order valence-corrected chi connectivity index (χ0v) is 17.5. The summed E-state index contributed by atoms with van der Waals surface area (Å²) >= 11 is 0. The molecule has 1 aliphatic heterocycles. The molecule has 0 radical (unpaired) electrons. The van der Waals surface area contributed by atoms with E-state index >= 15 is 0 Å². The number of rotatable bonds is 4. The topological polar surface area (TPSA) is 55.8 Å². The first kappa shape index (κ1) is 21.3. The molecule has 1 heterocycles. The number of carbonyl (C=O) groups is 2. The van der Waals surface area contributed by atoms with E-state index in [-0.39, 0.29) is 24.1 Å². The third-order valence-electron chi connectivity index (χ3n) is 5.12. The van der Waals surface area contributed by atoms with Crippen LogP contribution in [-0.4, -0.2) is 41.8 Å². The maximum Gasteiger partial charge on any atom is 0.410 e. The van der Waals surface area contributed by atoms with E-state index in [0.29, 0.717) is 19.5 Å². The van der Waals surface area contributed by atoms with Crippen LogP contribution >= 0.6 is 0 Å². The molecule has 150 valence electrons. The van der Waals surface area contributed by atoms with Gasteiger partial charge in [0.15, 0.2) is 0 Å². The molecule has 2 atom stereocenters. The molecule has 0 aliphatic carbocycles. The lowest BCUT2D eigenvalue weighted by Gasteiger charge is -2.39. The van der Waals surface area contributed by atoms with Crippen LogP contribution in [0.4, 0.5) is 4.79 Å².